The summed E-state index contributed by atoms with van der Waals surface area (Å²) in [5, 5.41) is 11.4. The molecular formula is C23H27N5O3. The number of likely N-dealkylation sites (tertiary alicyclic amines) is 1. The Hall–Kier alpha value is -3.55. The van der Waals surface area contributed by atoms with E-state index in [1.54, 1.807) is 29.2 Å². The van der Waals surface area contributed by atoms with Gasteiger partial charge in [0, 0.05) is 29.6 Å². The van der Waals surface area contributed by atoms with Gasteiger partial charge in [0.25, 0.3) is 0 Å². The number of anilines is 3. The van der Waals surface area contributed by atoms with Crippen molar-refractivity contribution in [3.8, 4) is 0 Å². The van der Waals surface area contributed by atoms with Crippen LogP contribution in [0.15, 0.2) is 48.5 Å². The van der Waals surface area contributed by atoms with E-state index in [4.69, 9.17) is 0 Å². The molecule has 1 saturated heterocycles. The molecule has 1 aliphatic carbocycles. The van der Waals surface area contributed by atoms with Gasteiger partial charge in [0.2, 0.25) is 5.91 Å². The minimum absolute atomic E-state index is 0.0696. The number of benzene rings is 2. The summed E-state index contributed by atoms with van der Waals surface area (Å²) in [5.74, 6) is -0.0696. The smallest absolute Gasteiger partial charge is 0.323 e. The van der Waals surface area contributed by atoms with Gasteiger partial charge in [-0.25, -0.2) is 9.59 Å². The summed E-state index contributed by atoms with van der Waals surface area (Å²) in [6.45, 7) is 2.43. The zero-order valence-corrected chi connectivity index (χ0v) is 17.5. The maximum atomic E-state index is 12.9. The van der Waals surface area contributed by atoms with E-state index < -0.39 is 6.04 Å². The highest BCUT2D eigenvalue weighted by Crippen LogP contribution is 2.25. The lowest BCUT2D eigenvalue weighted by Gasteiger charge is -2.25. The number of nitrogens with one attached hydrogen (secondary N) is 4. The van der Waals surface area contributed by atoms with Crippen molar-refractivity contribution in [1.29, 1.82) is 0 Å². The van der Waals surface area contributed by atoms with Gasteiger partial charge >= 0.3 is 12.1 Å². The summed E-state index contributed by atoms with van der Waals surface area (Å²) in [7, 11) is 0. The summed E-state index contributed by atoms with van der Waals surface area (Å²) >= 11 is 0. The van der Waals surface area contributed by atoms with Gasteiger partial charge in [0.1, 0.15) is 6.04 Å². The van der Waals surface area contributed by atoms with Crippen molar-refractivity contribution < 1.29 is 14.4 Å². The molecule has 2 aromatic carbocycles. The maximum Gasteiger partial charge on any atom is 0.323 e. The average Bonchev–Trinajstić information content (AvgIpc) is 3.42. The molecule has 8 heteroatoms. The number of rotatable bonds is 5. The number of para-hydroxylation sites is 1. The number of carbonyl (C=O) groups excluding carboxylic acids is 3. The first-order chi connectivity index (χ1) is 15.0. The zero-order valence-electron chi connectivity index (χ0n) is 17.5. The van der Waals surface area contributed by atoms with Crippen molar-refractivity contribution in [3.05, 3.63) is 54.1 Å². The first kappa shape index (κ1) is 20.7. The van der Waals surface area contributed by atoms with Crippen LogP contribution in [-0.2, 0) is 4.79 Å². The minimum Gasteiger partial charge on any atom is -0.352 e. The predicted octanol–water partition coefficient (Wildman–Crippen LogP) is 3.91. The van der Waals surface area contributed by atoms with Crippen LogP contribution >= 0.6 is 0 Å². The van der Waals surface area contributed by atoms with E-state index in [0.717, 1.165) is 24.8 Å². The molecule has 2 aliphatic rings. The third-order valence-corrected chi connectivity index (χ3v) is 5.51. The fraction of sp³-hybridized carbons (Fsp3) is 0.348. The fourth-order valence-corrected chi connectivity index (χ4v) is 3.64. The van der Waals surface area contributed by atoms with E-state index in [0.29, 0.717) is 30.0 Å². The molecule has 31 heavy (non-hydrogen) atoms. The van der Waals surface area contributed by atoms with Crippen molar-refractivity contribution in [1.82, 2.24) is 10.2 Å². The number of hydrogen-bond donors (Lipinski definition) is 4. The molecule has 0 bridgehead atoms. The van der Waals surface area contributed by atoms with E-state index in [2.05, 4.69) is 21.3 Å². The Balaban J connectivity index is 1.39. The SMILES string of the molecule is Cc1ccc(NC(=O)Nc2ccccc2)cc1NC(=O)N1CCC[C@H]1C(=O)NC1CC1. The average molecular weight is 422 g/mol. The molecular weight excluding hydrogens is 394 g/mol. The summed E-state index contributed by atoms with van der Waals surface area (Å²) in [6.07, 6.45) is 3.51. The lowest BCUT2D eigenvalue weighted by atomic mass is 10.1. The second-order valence-corrected chi connectivity index (χ2v) is 8.04. The number of carbonyl (C=O) groups is 3. The summed E-state index contributed by atoms with van der Waals surface area (Å²) < 4.78 is 0. The van der Waals surface area contributed by atoms with Gasteiger partial charge in [-0.1, -0.05) is 24.3 Å². The molecule has 0 unspecified atom stereocenters. The lowest BCUT2D eigenvalue weighted by molar-refractivity contribution is -0.124. The molecule has 0 spiro atoms. The van der Waals surface area contributed by atoms with Crippen molar-refractivity contribution in [2.45, 2.75) is 44.7 Å². The first-order valence-electron chi connectivity index (χ1n) is 10.6. The summed E-state index contributed by atoms with van der Waals surface area (Å²) in [5.41, 5.74) is 2.69. The Labute approximate surface area is 181 Å². The van der Waals surface area contributed by atoms with Gasteiger partial charge < -0.3 is 26.2 Å². The normalized spacial score (nSPS) is 17.7. The van der Waals surface area contributed by atoms with Gasteiger partial charge in [-0.15, -0.1) is 0 Å². The fourth-order valence-electron chi connectivity index (χ4n) is 3.64. The van der Waals surface area contributed by atoms with Crippen molar-refractivity contribution in [2.75, 3.05) is 22.5 Å². The molecule has 1 saturated carbocycles. The Morgan fingerprint density at radius 3 is 2.39 bits per heavy atom. The number of urea groups is 2. The largest absolute Gasteiger partial charge is 0.352 e. The van der Waals surface area contributed by atoms with Crippen LogP contribution in [0.3, 0.4) is 0 Å². The lowest BCUT2D eigenvalue weighted by Crippen LogP contribution is -2.48. The highest BCUT2D eigenvalue weighted by molar-refractivity contribution is 6.01. The molecule has 4 rings (SSSR count). The molecule has 2 fully saturated rings. The molecule has 2 aromatic rings. The molecule has 1 heterocycles. The standard InChI is InChI=1S/C23H27N5O3/c1-15-9-10-18(26-22(30)25-16-6-3-2-4-7-16)14-19(15)27-23(31)28-13-5-8-20(28)21(29)24-17-11-12-17/h2-4,6-7,9-10,14,17,20H,5,8,11-13H2,1H3,(H,24,29)(H,27,31)(H2,25,26,30)/t20-/m0/s1. The van der Waals surface area contributed by atoms with E-state index in [1.807, 2.05) is 31.2 Å². The third-order valence-electron chi connectivity index (χ3n) is 5.51. The van der Waals surface area contributed by atoms with E-state index in [-0.39, 0.29) is 24.0 Å². The Kier molecular flexibility index (Phi) is 6.06. The molecule has 0 radical (unpaired) electrons. The number of aryl methyl sites for hydroxylation is 1. The molecule has 8 nitrogen and oxygen atoms in total. The number of hydrogen-bond acceptors (Lipinski definition) is 3. The van der Waals surface area contributed by atoms with Crippen LogP contribution in [0.5, 0.6) is 0 Å². The van der Waals surface area contributed by atoms with Crippen molar-refractivity contribution in [3.63, 3.8) is 0 Å². The Morgan fingerprint density at radius 2 is 1.65 bits per heavy atom. The van der Waals surface area contributed by atoms with Crippen molar-refractivity contribution >= 4 is 35.0 Å². The molecule has 162 valence electrons. The quantitative estimate of drug-likeness (QED) is 0.588. The minimum atomic E-state index is -0.432. The van der Waals surface area contributed by atoms with E-state index in [1.165, 1.54) is 0 Å². The van der Waals surface area contributed by atoms with Gasteiger partial charge in [0.15, 0.2) is 0 Å². The van der Waals surface area contributed by atoms with Crippen LogP contribution in [0.1, 0.15) is 31.2 Å². The summed E-state index contributed by atoms with van der Waals surface area (Å²) in [4.78, 5) is 39.2. The van der Waals surface area contributed by atoms with Crippen LogP contribution in [0, 0.1) is 6.92 Å². The third kappa shape index (κ3) is 5.33. The number of amides is 5. The van der Waals surface area contributed by atoms with Crippen LogP contribution in [0.25, 0.3) is 0 Å². The first-order valence-corrected chi connectivity index (χ1v) is 10.6. The van der Waals surface area contributed by atoms with Crippen LogP contribution < -0.4 is 21.3 Å². The second kappa shape index (κ2) is 9.07. The van der Waals surface area contributed by atoms with E-state index >= 15 is 0 Å². The number of nitrogens with zero attached hydrogens (tertiary/aromatic N) is 1. The zero-order chi connectivity index (χ0) is 21.8. The summed E-state index contributed by atoms with van der Waals surface area (Å²) in [6, 6.07) is 13.6. The molecule has 4 N–H and O–H groups in total. The highest BCUT2D eigenvalue weighted by atomic mass is 16.2. The van der Waals surface area contributed by atoms with Crippen LogP contribution in [0.2, 0.25) is 0 Å². The van der Waals surface area contributed by atoms with Crippen LogP contribution in [-0.4, -0.2) is 41.5 Å². The molecule has 5 amide bonds. The van der Waals surface area contributed by atoms with Crippen LogP contribution in [0.4, 0.5) is 26.7 Å². The molecule has 1 aliphatic heterocycles. The van der Waals surface area contributed by atoms with Gasteiger partial charge in [-0.2, -0.15) is 0 Å². The van der Waals surface area contributed by atoms with Crippen molar-refractivity contribution in [2.24, 2.45) is 0 Å². The molecule has 1 atom stereocenters. The van der Waals surface area contributed by atoms with Gasteiger partial charge in [-0.3, -0.25) is 4.79 Å². The second-order valence-electron chi connectivity index (χ2n) is 8.04. The van der Waals surface area contributed by atoms with Gasteiger partial charge in [0.05, 0.1) is 0 Å². The highest BCUT2D eigenvalue weighted by Gasteiger charge is 2.36. The topological polar surface area (TPSA) is 103 Å². The van der Waals surface area contributed by atoms with Gasteiger partial charge in [-0.05, 0) is 62.4 Å². The predicted molar refractivity (Wildman–Crippen MR) is 120 cm³/mol. The Bertz CT molecular complexity index is 974. The van der Waals surface area contributed by atoms with E-state index in [9.17, 15) is 14.4 Å². The molecule has 0 aromatic heterocycles. The Morgan fingerprint density at radius 1 is 0.903 bits per heavy atom. The monoisotopic (exact) mass is 421 g/mol. The maximum absolute atomic E-state index is 12.9.